The van der Waals surface area contributed by atoms with E-state index in [2.05, 4.69) is 13.3 Å². The zero-order valence-electron chi connectivity index (χ0n) is 20.3. The van der Waals surface area contributed by atoms with Gasteiger partial charge in [-0.3, -0.25) is 9.59 Å². The minimum Gasteiger partial charge on any atom is -0.481 e. The van der Waals surface area contributed by atoms with Crippen LogP contribution in [0, 0.1) is 30.6 Å². The predicted octanol–water partition coefficient (Wildman–Crippen LogP) is 6.87. The van der Waals surface area contributed by atoms with Crippen molar-refractivity contribution in [3.63, 3.8) is 0 Å². The van der Waals surface area contributed by atoms with Crippen molar-refractivity contribution in [2.45, 2.75) is 93.4 Å². The van der Waals surface area contributed by atoms with Crippen LogP contribution in [0.15, 0.2) is 22.3 Å². The van der Waals surface area contributed by atoms with Gasteiger partial charge in [0.15, 0.2) is 0 Å². The fourth-order valence-corrected chi connectivity index (χ4v) is 3.51. The molecule has 0 fully saturated rings. The van der Waals surface area contributed by atoms with E-state index in [4.69, 9.17) is 10.2 Å². The van der Waals surface area contributed by atoms with Gasteiger partial charge in [0.1, 0.15) is 0 Å². The molecule has 0 bridgehead atoms. The third kappa shape index (κ3) is 9.02. The van der Waals surface area contributed by atoms with E-state index in [0.29, 0.717) is 0 Å². The standard InChI is InChI=1S/C14H19.2C5H10O2.CH3.Ti/c1-10-11-6-2-4-8-13(11)14-9-5-3-7-12(10)14;2*1-5(2,3)4(6)7;;/h6,10H,2-5,7-9H2,1H3;2*1-3H3,(H,6,7);1H3;/q-1;;;-1;+2. The van der Waals surface area contributed by atoms with E-state index in [1.54, 1.807) is 63.8 Å². The molecule has 0 aromatic heterocycles. The molecule has 2 N–H and O–H groups in total. The van der Waals surface area contributed by atoms with Crippen LogP contribution in [0.5, 0.6) is 0 Å². The molecular formula is C25H42O4Ti. The van der Waals surface area contributed by atoms with Crippen LogP contribution in [0.4, 0.5) is 0 Å². The molecular weight excluding hydrogens is 412 g/mol. The number of hydrogen-bond donors (Lipinski definition) is 2. The average molecular weight is 454 g/mol. The van der Waals surface area contributed by atoms with Crippen molar-refractivity contribution in [3.8, 4) is 0 Å². The second-order valence-corrected chi connectivity index (χ2v) is 10.1. The van der Waals surface area contributed by atoms with Crippen molar-refractivity contribution in [1.82, 2.24) is 0 Å². The van der Waals surface area contributed by atoms with Crippen molar-refractivity contribution < 1.29 is 41.5 Å². The monoisotopic (exact) mass is 454 g/mol. The summed E-state index contributed by atoms with van der Waals surface area (Å²) in [5.74, 6) is -0.736. The number of carboxylic acids is 2. The minimum atomic E-state index is -0.757. The molecule has 0 aromatic rings. The molecule has 0 aliphatic heterocycles. The summed E-state index contributed by atoms with van der Waals surface area (Å²) in [6.07, 6.45) is 12.2. The van der Waals surface area contributed by atoms with Gasteiger partial charge in [-0.1, -0.05) is 31.8 Å². The molecule has 170 valence electrons. The zero-order valence-corrected chi connectivity index (χ0v) is 21.9. The van der Waals surface area contributed by atoms with Gasteiger partial charge in [-0.2, -0.15) is 5.57 Å². The van der Waals surface area contributed by atoms with Crippen molar-refractivity contribution >= 4 is 11.9 Å². The smallest absolute Gasteiger partial charge is 0.481 e. The summed E-state index contributed by atoms with van der Waals surface area (Å²) in [7, 11) is 0. The number of hydrogen-bond acceptors (Lipinski definition) is 2. The molecule has 4 nitrogen and oxygen atoms in total. The fraction of sp³-hybridized carbons (Fsp3) is 0.680. The Morgan fingerprint density at radius 3 is 1.67 bits per heavy atom. The molecule has 1 unspecified atom stereocenters. The molecule has 0 spiro atoms. The quantitative estimate of drug-likeness (QED) is 0.309. The summed E-state index contributed by atoms with van der Waals surface area (Å²) in [6, 6.07) is 0. The van der Waals surface area contributed by atoms with Gasteiger partial charge in [0, 0.05) is 0 Å². The predicted molar refractivity (Wildman–Crippen MR) is 120 cm³/mol. The molecule has 3 aliphatic carbocycles. The van der Waals surface area contributed by atoms with E-state index in [9.17, 15) is 9.59 Å². The summed E-state index contributed by atoms with van der Waals surface area (Å²) in [4.78, 5) is 20.0. The topological polar surface area (TPSA) is 74.6 Å². The molecule has 3 aliphatic rings. The van der Waals surface area contributed by atoms with Gasteiger partial charge in [-0.15, -0.1) is 12.0 Å². The molecule has 5 heteroatoms. The Hall–Kier alpha value is -0.996. The van der Waals surface area contributed by atoms with Gasteiger partial charge < -0.3 is 17.6 Å². The van der Waals surface area contributed by atoms with Crippen molar-refractivity contribution in [3.05, 3.63) is 36.1 Å². The molecule has 0 saturated heterocycles. The Balaban J connectivity index is 0. The molecule has 1 atom stereocenters. The van der Waals surface area contributed by atoms with Crippen LogP contribution >= 0.6 is 0 Å². The summed E-state index contributed by atoms with van der Waals surface area (Å²) in [6.45, 7) is 12.4. The first-order valence-corrected chi connectivity index (χ1v) is 10.5. The summed E-state index contributed by atoms with van der Waals surface area (Å²) in [5.41, 5.74) is 5.90. The van der Waals surface area contributed by atoms with Gasteiger partial charge in [-0.25, -0.2) is 12.0 Å². The molecule has 0 saturated carbocycles. The van der Waals surface area contributed by atoms with Crippen LogP contribution < -0.4 is 0 Å². The van der Waals surface area contributed by atoms with Crippen LogP contribution in [-0.4, -0.2) is 22.2 Å². The molecule has 0 aromatic carbocycles. The van der Waals surface area contributed by atoms with E-state index in [-0.39, 0.29) is 29.1 Å². The van der Waals surface area contributed by atoms with Gasteiger partial charge >= 0.3 is 33.7 Å². The van der Waals surface area contributed by atoms with Gasteiger partial charge in [-0.05, 0) is 66.7 Å². The second-order valence-electron chi connectivity index (χ2n) is 10.1. The first-order chi connectivity index (χ1) is 12.8. The van der Waals surface area contributed by atoms with Crippen LogP contribution in [0.1, 0.15) is 93.4 Å². The van der Waals surface area contributed by atoms with Crippen molar-refractivity contribution in [2.24, 2.45) is 16.7 Å². The van der Waals surface area contributed by atoms with E-state index >= 15 is 0 Å². The molecule has 0 amide bonds. The average Bonchev–Trinajstić information content (AvgIpc) is 2.88. The largest absolute Gasteiger partial charge is 2.00 e. The van der Waals surface area contributed by atoms with Crippen molar-refractivity contribution in [1.29, 1.82) is 0 Å². The number of carbonyl (C=O) groups is 2. The van der Waals surface area contributed by atoms with Gasteiger partial charge in [0.25, 0.3) is 0 Å². The Morgan fingerprint density at radius 1 is 0.833 bits per heavy atom. The Kier molecular flexibility index (Phi) is 13.3. The fourth-order valence-electron chi connectivity index (χ4n) is 3.51. The third-order valence-corrected chi connectivity index (χ3v) is 5.49. The number of allylic oxidation sites excluding steroid dienone is 4. The number of carboxylic acid groups (broad SMARTS) is 2. The van der Waals surface area contributed by atoms with Crippen LogP contribution in [0.2, 0.25) is 0 Å². The SMILES string of the molecule is CC(C)(C)C(=O)O.CC(C)(C)C(=O)O.CC1C2=C(CCC[CH-]2)C2=C1CCCC2.[CH3-].[Ti+2]. The maximum absolute atomic E-state index is 10.0. The normalized spacial score (nSPS) is 19.9. The van der Waals surface area contributed by atoms with Crippen molar-refractivity contribution in [2.75, 3.05) is 0 Å². The van der Waals surface area contributed by atoms with Crippen LogP contribution in [0.3, 0.4) is 0 Å². The summed E-state index contributed by atoms with van der Waals surface area (Å²) >= 11 is 0. The third-order valence-electron chi connectivity index (χ3n) is 5.49. The summed E-state index contributed by atoms with van der Waals surface area (Å²) in [5, 5.41) is 16.5. The maximum atomic E-state index is 10.0. The van der Waals surface area contributed by atoms with E-state index in [0.717, 1.165) is 5.92 Å². The minimum absolute atomic E-state index is 0. The van der Waals surface area contributed by atoms with Crippen LogP contribution in [0.25, 0.3) is 0 Å². The number of fused-ring (bicyclic) bond motifs is 1. The molecule has 0 radical (unpaired) electrons. The molecule has 3 rings (SSSR count). The first kappa shape index (κ1) is 31.2. The second kappa shape index (κ2) is 12.8. The number of rotatable bonds is 0. The Morgan fingerprint density at radius 2 is 1.23 bits per heavy atom. The first-order valence-electron chi connectivity index (χ1n) is 10.5. The van der Waals surface area contributed by atoms with E-state index < -0.39 is 22.8 Å². The Bertz CT molecular complexity index is 589. The summed E-state index contributed by atoms with van der Waals surface area (Å²) < 4.78 is 0. The number of aliphatic carboxylic acids is 2. The molecule has 30 heavy (non-hydrogen) atoms. The maximum Gasteiger partial charge on any atom is 2.00 e. The van der Waals surface area contributed by atoms with Crippen LogP contribution in [-0.2, 0) is 31.3 Å². The van der Waals surface area contributed by atoms with E-state index in [1.165, 1.54) is 44.9 Å². The molecule has 0 heterocycles. The van der Waals surface area contributed by atoms with Gasteiger partial charge in [0.05, 0.1) is 10.8 Å². The van der Waals surface area contributed by atoms with Gasteiger partial charge in [0.2, 0.25) is 0 Å². The van der Waals surface area contributed by atoms with E-state index in [1.807, 2.05) is 0 Å². The Labute approximate surface area is 199 Å². The zero-order chi connectivity index (χ0) is 21.7.